The molecule has 168 valence electrons. The Morgan fingerprint density at radius 3 is 2.67 bits per heavy atom. The van der Waals surface area contributed by atoms with Gasteiger partial charge in [0.1, 0.15) is 23.9 Å². The number of hydrogen-bond acceptors (Lipinski definition) is 8. The van der Waals surface area contributed by atoms with Crippen molar-refractivity contribution >= 4 is 38.3 Å². The smallest absolute Gasteiger partial charge is 0.263 e. The molecule has 2 aromatic heterocycles. The van der Waals surface area contributed by atoms with E-state index in [1.807, 2.05) is 30.8 Å². The van der Waals surface area contributed by atoms with Crippen LogP contribution in [0.3, 0.4) is 0 Å². The molecular weight excluding hydrogens is 484 g/mol. The molecule has 4 aromatic rings. The average molecular weight is 501 g/mol. The largest absolute Gasteiger partial charge is 0.455 e. The van der Waals surface area contributed by atoms with Gasteiger partial charge in [-0.15, -0.1) is 0 Å². The van der Waals surface area contributed by atoms with Crippen molar-refractivity contribution in [1.82, 2.24) is 19.1 Å². The minimum Gasteiger partial charge on any atom is -0.455 e. The van der Waals surface area contributed by atoms with E-state index in [1.165, 1.54) is 24.5 Å². The van der Waals surface area contributed by atoms with Crippen LogP contribution in [0.1, 0.15) is 25.5 Å². The number of halogens is 1. The maximum Gasteiger partial charge on any atom is 0.263 e. The number of ether oxygens (including phenoxy) is 1. The molecule has 0 aliphatic carbocycles. The quantitative estimate of drug-likeness (QED) is 0.374. The molecule has 0 saturated carbocycles. The molecule has 0 aliphatic rings. The molecule has 0 fully saturated rings. The van der Waals surface area contributed by atoms with Gasteiger partial charge in [-0.05, 0) is 50.2 Å². The first-order valence-corrected chi connectivity index (χ1v) is 12.3. The van der Waals surface area contributed by atoms with Gasteiger partial charge >= 0.3 is 0 Å². The number of nitrogens with one attached hydrogen (secondary N) is 1. The number of benzene rings is 2. The number of nitrogens with zero attached hydrogens (tertiary/aromatic N) is 5. The zero-order valence-corrected chi connectivity index (χ0v) is 19.8. The lowest BCUT2D eigenvalue weighted by molar-refractivity contribution is 0.482. The van der Waals surface area contributed by atoms with Crippen LogP contribution in [-0.2, 0) is 10.0 Å². The van der Waals surface area contributed by atoms with Gasteiger partial charge in [0.25, 0.3) is 10.0 Å². The number of anilines is 1. The number of aromatic nitrogens is 4. The molecule has 0 atom stereocenters. The molecule has 0 aliphatic heterocycles. The summed E-state index contributed by atoms with van der Waals surface area (Å²) in [6.07, 6.45) is 4.83. The van der Waals surface area contributed by atoms with E-state index in [0.717, 1.165) is 17.1 Å². The summed E-state index contributed by atoms with van der Waals surface area (Å²) in [4.78, 5) is 3.71. The molecule has 1 N–H and O–H groups in total. The molecule has 0 radical (unpaired) electrons. The van der Waals surface area contributed by atoms with Crippen LogP contribution in [0.15, 0.2) is 60.0 Å². The first-order chi connectivity index (χ1) is 15.8. The highest BCUT2D eigenvalue weighted by Crippen LogP contribution is 2.37. The Morgan fingerprint density at radius 2 is 2.00 bits per heavy atom. The van der Waals surface area contributed by atoms with Crippen molar-refractivity contribution in [3.63, 3.8) is 0 Å². The van der Waals surface area contributed by atoms with Gasteiger partial charge in [0.05, 0.1) is 16.7 Å². The second kappa shape index (κ2) is 9.19. The highest BCUT2D eigenvalue weighted by Gasteiger charge is 2.19. The second-order valence-electron chi connectivity index (χ2n) is 7.17. The van der Waals surface area contributed by atoms with Crippen LogP contribution in [0.4, 0.5) is 5.13 Å². The van der Waals surface area contributed by atoms with E-state index in [-0.39, 0.29) is 27.4 Å². The summed E-state index contributed by atoms with van der Waals surface area (Å²) in [6.45, 7) is 4.03. The van der Waals surface area contributed by atoms with E-state index in [0.29, 0.717) is 16.3 Å². The average Bonchev–Trinajstić information content (AvgIpc) is 3.47. The van der Waals surface area contributed by atoms with Gasteiger partial charge in [-0.3, -0.25) is 9.40 Å². The van der Waals surface area contributed by atoms with Crippen LogP contribution in [0.5, 0.6) is 11.5 Å². The lowest BCUT2D eigenvalue weighted by Crippen LogP contribution is -2.13. The van der Waals surface area contributed by atoms with E-state index in [2.05, 4.69) is 19.2 Å². The van der Waals surface area contributed by atoms with Gasteiger partial charge in [-0.25, -0.2) is 13.4 Å². The molecular formula is C21H17ClN6O3S2. The normalized spacial score (nSPS) is 11.4. The Bertz CT molecular complexity index is 1440. The molecule has 0 bridgehead atoms. The molecule has 0 amide bonds. The maximum absolute atomic E-state index is 12.6. The first-order valence-electron chi connectivity index (χ1n) is 9.62. The lowest BCUT2D eigenvalue weighted by Gasteiger charge is -2.13. The third kappa shape index (κ3) is 4.98. The Morgan fingerprint density at radius 1 is 1.21 bits per heavy atom. The predicted molar refractivity (Wildman–Crippen MR) is 125 cm³/mol. The van der Waals surface area contributed by atoms with Crippen LogP contribution in [-0.4, -0.2) is 27.6 Å². The third-order valence-corrected chi connectivity index (χ3v) is 6.85. The van der Waals surface area contributed by atoms with Crippen molar-refractivity contribution in [2.75, 3.05) is 4.72 Å². The summed E-state index contributed by atoms with van der Waals surface area (Å²) in [5, 5.41) is 14.6. The van der Waals surface area contributed by atoms with E-state index in [9.17, 15) is 13.7 Å². The fourth-order valence-corrected chi connectivity index (χ4v) is 4.80. The van der Waals surface area contributed by atoms with E-state index < -0.39 is 10.0 Å². The number of nitriles is 1. The van der Waals surface area contributed by atoms with Crippen LogP contribution in [0, 0.1) is 11.3 Å². The molecule has 0 unspecified atom stereocenters. The standard InChI is InChI=1S/C21H17ClN6O3S2/c1-13(2)28-11-15(10-25-28)18-8-16(22)3-5-20(18)31-19-6-4-17(7-14(19)9-23)33(29,30)27-21-24-12-26-32-21/h3-8,10-13H,1-2H3,(H,24,26,27). The number of hydrogen-bond donors (Lipinski definition) is 1. The highest BCUT2D eigenvalue weighted by molar-refractivity contribution is 7.93. The maximum atomic E-state index is 12.6. The van der Waals surface area contributed by atoms with Gasteiger partial charge in [-0.1, -0.05) is 11.6 Å². The van der Waals surface area contributed by atoms with Crippen LogP contribution < -0.4 is 9.46 Å². The zero-order valence-electron chi connectivity index (χ0n) is 17.4. The van der Waals surface area contributed by atoms with Crippen LogP contribution >= 0.6 is 23.1 Å². The summed E-state index contributed by atoms with van der Waals surface area (Å²) < 4.78 is 39.2. The third-order valence-electron chi connectivity index (χ3n) is 4.57. The summed E-state index contributed by atoms with van der Waals surface area (Å²) in [6, 6.07) is 11.3. The molecule has 0 spiro atoms. The molecule has 9 nitrogen and oxygen atoms in total. The van der Waals surface area contributed by atoms with Crippen molar-refractivity contribution in [3.8, 4) is 28.7 Å². The predicted octanol–water partition coefficient (Wildman–Crippen LogP) is 5.10. The Labute approximate surface area is 199 Å². The molecule has 0 saturated heterocycles. The summed E-state index contributed by atoms with van der Waals surface area (Å²) in [5.41, 5.74) is 1.53. The molecule has 12 heteroatoms. The van der Waals surface area contributed by atoms with Crippen molar-refractivity contribution in [2.24, 2.45) is 0 Å². The molecule has 33 heavy (non-hydrogen) atoms. The first kappa shape index (κ1) is 22.7. The van der Waals surface area contributed by atoms with Crippen molar-refractivity contribution < 1.29 is 13.2 Å². The van der Waals surface area contributed by atoms with Gasteiger partial charge in [0.2, 0.25) is 5.13 Å². The lowest BCUT2D eigenvalue weighted by atomic mass is 10.1. The second-order valence-corrected chi connectivity index (χ2v) is 10.1. The van der Waals surface area contributed by atoms with Gasteiger partial charge in [0, 0.05) is 39.9 Å². The molecule has 2 heterocycles. The monoisotopic (exact) mass is 500 g/mol. The Kier molecular flexibility index (Phi) is 6.33. The summed E-state index contributed by atoms with van der Waals surface area (Å²) in [7, 11) is -3.94. The molecule has 4 rings (SSSR count). The number of sulfonamides is 1. The fourth-order valence-electron chi connectivity index (χ4n) is 2.94. The van der Waals surface area contributed by atoms with Crippen LogP contribution in [0.2, 0.25) is 5.02 Å². The van der Waals surface area contributed by atoms with Crippen molar-refractivity contribution in [1.29, 1.82) is 5.26 Å². The SMILES string of the molecule is CC(C)n1cc(-c2cc(Cl)ccc2Oc2ccc(S(=O)(=O)Nc3ncns3)cc2C#N)cn1. The van der Waals surface area contributed by atoms with Gasteiger partial charge in [-0.2, -0.15) is 14.7 Å². The van der Waals surface area contributed by atoms with E-state index in [1.54, 1.807) is 24.4 Å². The summed E-state index contributed by atoms with van der Waals surface area (Å²) >= 11 is 7.11. The van der Waals surface area contributed by atoms with Crippen LogP contribution in [0.25, 0.3) is 11.1 Å². The van der Waals surface area contributed by atoms with Crippen molar-refractivity contribution in [3.05, 3.63) is 65.7 Å². The minimum atomic E-state index is -3.94. The number of rotatable bonds is 7. The summed E-state index contributed by atoms with van der Waals surface area (Å²) in [5.74, 6) is 0.647. The highest BCUT2D eigenvalue weighted by atomic mass is 35.5. The van der Waals surface area contributed by atoms with Gasteiger partial charge < -0.3 is 4.74 Å². The van der Waals surface area contributed by atoms with Crippen molar-refractivity contribution in [2.45, 2.75) is 24.8 Å². The van der Waals surface area contributed by atoms with E-state index >= 15 is 0 Å². The molecule has 2 aromatic carbocycles. The Hall–Kier alpha value is -3.46. The van der Waals surface area contributed by atoms with Gasteiger partial charge in [0.15, 0.2) is 0 Å². The van der Waals surface area contributed by atoms with E-state index in [4.69, 9.17) is 16.3 Å². The minimum absolute atomic E-state index is 0.0499. The Balaban J connectivity index is 1.68. The topological polar surface area (TPSA) is 123 Å². The zero-order chi connectivity index (χ0) is 23.6. The fraction of sp³-hybridized carbons (Fsp3) is 0.143.